The van der Waals surface area contributed by atoms with Crippen molar-refractivity contribution in [1.29, 1.82) is 0 Å². The van der Waals surface area contributed by atoms with Gasteiger partial charge in [0.2, 0.25) is 5.91 Å². The van der Waals surface area contributed by atoms with Crippen molar-refractivity contribution in [2.24, 2.45) is 7.05 Å². The highest BCUT2D eigenvalue weighted by Crippen LogP contribution is 2.24. The van der Waals surface area contributed by atoms with Crippen LogP contribution in [0.25, 0.3) is 10.6 Å². The number of aryl methyl sites for hydroxylation is 1. The molecule has 1 atom stereocenters. The molecule has 0 spiro atoms. The molecule has 4 rings (SSSR count). The van der Waals surface area contributed by atoms with E-state index in [0.717, 1.165) is 27.7 Å². The third kappa shape index (κ3) is 4.02. The average molecular weight is 388 g/mol. The minimum absolute atomic E-state index is 0.0817. The van der Waals surface area contributed by atoms with Gasteiger partial charge in [-0.2, -0.15) is 0 Å². The zero-order valence-corrected chi connectivity index (χ0v) is 16.3. The number of rotatable bonds is 6. The average Bonchev–Trinajstić information content (AvgIpc) is 3.36. The molecule has 28 heavy (non-hydrogen) atoms. The van der Waals surface area contributed by atoms with Crippen molar-refractivity contribution in [3.05, 3.63) is 95.5 Å². The van der Waals surface area contributed by atoms with E-state index in [1.807, 2.05) is 83.9 Å². The largest absolute Gasteiger partial charge is 0.342 e. The summed E-state index contributed by atoms with van der Waals surface area (Å²) < 4.78 is 1.92. The molecule has 5 nitrogen and oxygen atoms in total. The third-order valence-electron chi connectivity index (χ3n) is 4.47. The molecule has 1 amide bonds. The second-order valence-corrected chi connectivity index (χ2v) is 7.35. The van der Waals surface area contributed by atoms with Crippen LogP contribution in [0.4, 0.5) is 0 Å². The normalized spacial score (nSPS) is 11.9. The lowest BCUT2D eigenvalue weighted by Gasteiger charge is -2.19. The summed E-state index contributed by atoms with van der Waals surface area (Å²) >= 11 is 1.55. The first-order valence-electron chi connectivity index (χ1n) is 9.02. The molecule has 0 bridgehead atoms. The summed E-state index contributed by atoms with van der Waals surface area (Å²) in [6.07, 6.45) is 3.85. The van der Waals surface area contributed by atoms with E-state index in [0.29, 0.717) is 0 Å². The number of hydrogen-bond donors (Lipinski definition) is 1. The van der Waals surface area contributed by atoms with E-state index >= 15 is 0 Å². The summed E-state index contributed by atoms with van der Waals surface area (Å²) in [5.41, 5.74) is 2.83. The van der Waals surface area contributed by atoms with E-state index in [1.54, 1.807) is 17.5 Å². The Morgan fingerprint density at radius 2 is 1.82 bits per heavy atom. The fourth-order valence-electron chi connectivity index (χ4n) is 3.08. The monoisotopic (exact) mass is 388 g/mol. The topological polar surface area (TPSA) is 59.8 Å². The van der Waals surface area contributed by atoms with E-state index < -0.39 is 0 Å². The molecule has 0 unspecified atom stereocenters. The number of aromatic nitrogens is 3. The van der Waals surface area contributed by atoms with Crippen LogP contribution in [0.5, 0.6) is 0 Å². The number of nitrogens with zero attached hydrogens (tertiary/aromatic N) is 3. The SMILES string of the molecule is Cn1ccnc1[C@H](NC(=O)Cc1csc(-c2ccccc2)n1)c1ccccc1. The second-order valence-electron chi connectivity index (χ2n) is 6.49. The molecule has 6 heteroatoms. The molecule has 2 heterocycles. The minimum Gasteiger partial charge on any atom is -0.342 e. The van der Waals surface area contributed by atoms with E-state index in [1.165, 1.54) is 0 Å². The summed E-state index contributed by atoms with van der Waals surface area (Å²) in [5, 5.41) is 5.98. The molecule has 4 aromatic rings. The summed E-state index contributed by atoms with van der Waals surface area (Å²) in [6.45, 7) is 0. The molecule has 0 fully saturated rings. The highest BCUT2D eigenvalue weighted by molar-refractivity contribution is 7.13. The molecule has 0 aliphatic carbocycles. The van der Waals surface area contributed by atoms with Crippen molar-refractivity contribution in [1.82, 2.24) is 19.9 Å². The Kier molecular flexibility index (Phi) is 5.30. The second kappa shape index (κ2) is 8.19. The number of hydrogen-bond acceptors (Lipinski definition) is 4. The Labute approximate surface area is 167 Å². The summed E-state index contributed by atoms with van der Waals surface area (Å²) in [6, 6.07) is 19.6. The lowest BCUT2D eigenvalue weighted by atomic mass is 10.1. The van der Waals surface area contributed by atoms with Gasteiger partial charge in [0, 0.05) is 30.4 Å². The van der Waals surface area contributed by atoms with Crippen LogP contribution < -0.4 is 5.32 Å². The van der Waals surface area contributed by atoms with Crippen molar-refractivity contribution in [2.45, 2.75) is 12.5 Å². The van der Waals surface area contributed by atoms with Crippen LogP contribution in [0.3, 0.4) is 0 Å². The van der Waals surface area contributed by atoms with Gasteiger partial charge in [-0.1, -0.05) is 60.7 Å². The molecule has 0 saturated carbocycles. The standard InChI is InChI=1S/C22H20N4OS/c1-26-13-12-23-21(26)20(16-8-4-2-5-9-16)25-19(27)14-18-15-28-22(24-18)17-10-6-3-7-11-17/h2-13,15,20H,14H2,1H3,(H,25,27)/t20-/m1/s1. The van der Waals surface area contributed by atoms with Crippen LogP contribution in [-0.2, 0) is 18.3 Å². The van der Waals surface area contributed by atoms with Crippen molar-refractivity contribution in [3.63, 3.8) is 0 Å². The molecule has 0 aliphatic rings. The lowest BCUT2D eigenvalue weighted by molar-refractivity contribution is -0.121. The van der Waals surface area contributed by atoms with Crippen molar-refractivity contribution in [2.75, 3.05) is 0 Å². The smallest absolute Gasteiger partial charge is 0.226 e. The third-order valence-corrected chi connectivity index (χ3v) is 5.41. The fourth-order valence-corrected chi connectivity index (χ4v) is 3.90. The van der Waals surface area contributed by atoms with E-state index in [4.69, 9.17) is 0 Å². The number of amides is 1. The first kappa shape index (κ1) is 18.1. The first-order chi connectivity index (χ1) is 13.7. The highest BCUT2D eigenvalue weighted by Gasteiger charge is 2.21. The maximum Gasteiger partial charge on any atom is 0.226 e. The van der Waals surface area contributed by atoms with Gasteiger partial charge in [-0.15, -0.1) is 11.3 Å². The Hall–Kier alpha value is -3.25. The quantitative estimate of drug-likeness (QED) is 0.543. The van der Waals surface area contributed by atoms with Crippen LogP contribution in [0.1, 0.15) is 23.1 Å². The number of nitrogens with one attached hydrogen (secondary N) is 1. The number of benzene rings is 2. The van der Waals surface area contributed by atoms with E-state index in [9.17, 15) is 4.79 Å². The zero-order valence-electron chi connectivity index (χ0n) is 15.4. The molecule has 2 aromatic heterocycles. The predicted octanol–water partition coefficient (Wildman–Crippen LogP) is 3.99. The van der Waals surface area contributed by atoms with Gasteiger partial charge >= 0.3 is 0 Å². The van der Waals surface area contributed by atoms with Crippen molar-refractivity contribution < 1.29 is 4.79 Å². The molecule has 140 valence electrons. The lowest BCUT2D eigenvalue weighted by Crippen LogP contribution is -2.32. The summed E-state index contributed by atoms with van der Waals surface area (Å²) in [5.74, 6) is 0.713. The molecule has 0 saturated heterocycles. The van der Waals surface area contributed by atoms with Gasteiger partial charge in [0.05, 0.1) is 12.1 Å². The molecule has 1 N–H and O–H groups in total. The van der Waals surface area contributed by atoms with Crippen LogP contribution in [-0.4, -0.2) is 20.4 Å². The highest BCUT2D eigenvalue weighted by atomic mass is 32.1. The van der Waals surface area contributed by atoms with Gasteiger partial charge in [0.1, 0.15) is 16.9 Å². The van der Waals surface area contributed by atoms with E-state index in [-0.39, 0.29) is 18.4 Å². The van der Waals surface area contributed by atoms with Crippen LogP contribution in [0, 0.1) is 0 Å². The van der Waals surface area contributed by atoms with Gasteiger partial charge in [-0.05, 0) is 5.56 Å². The Morgan fingerprint density at radius 1 is 1.11 bits per heavy atom. The van der Waals surface area contributed by atoms with Crippen molar-refractivity contribution >= 4 is 17.2 Å². The van der Waals surface area contributed by atoms with Gasteiger partial charge in [0.25, 0.3) is 0 Å². The number of carbonyl (C=O) groups excluding carboxylic acids is 1. The fraction of sp³-hybridized carbons (Fsp3) is 0.136. The maximum atomic E-state index is 12.8. The Balaban J connectivity index is 1.51. The molecule has 0 radical (unpaired) electrons. The first-order valence-corrected chi connectivity index (χ1v) is 9.90. The van der Waals surface area contributed by atoms with Crippen LogP contribution in [0.15, 0.2) is 78.4 Å². The minimum atomic E-state index is -0.305. The van der Waals surface area contributed by atoms with E-state index in [2.05, 4.69) is 15.3 Å². The number of thiazole rings is 1. The van der Waals surface area contributed by atoms with Gasteiger partial charge in [-0.25, -0.2) is 9.97 Å². The number of imidazole rings is 1. The number of carbonyl (C=O) groups is 1. The van der Waals surface area contributed by atoms with Crippen LogP contribution >= 0.6 is 11.3 Å². The maximum absolute atomic E-state index is 12.8. The Bertz CT molecular complexity index is 1060. The van der Waals surface area contributed by atoms with Crippen LogP contribution in [0.2, 0.25) is 0 Å². The zero-order chi connectivity index (χ0) is 19.3. The van der Waals surface area contributed by atoms with Crippen molar-refractivity contribution in [3.8, 4) is 10.6 Å². The Morgan fingerprint density at radius 3 is 2.50 bits per heavy atom. The molecule has 2 aromatic carbocycles. The van der Waals surface area contributed by atoms with Gasteiger partial charge in [-0.3, -0.25) is 4.79 Å². The molecular formula is C22H20N4OS. The van der Waals surface area contributed by atoms with Gasteiger partial charge < -0.3 is 9.88 Å². The molecular weight excluding hydrogens is 368 g/mol. The summed E-state index contributed by atoms with van der Waals surface area (Å²) in [4.78, 5) is 21.8. The van der Waals surface area contributed by atoms with Gasteiger partial charge in [0.15, 0.2) is 0 Å². The molecule has 0 aliphatic heterocycles. The predicted molar refractivity (Wildman–Crippen MR) is 111 cm³/mol. The summed E-state index contributed by atoms with van der Waals surface area (Å²) in [7, 11) is 1.93.